The maximum Gasteiger partial charge on any atom is 0.133 e. The molecule has 0 aliphatic heterocycles. The van der Waals surface area contributed by atoms with Crippen LogP contribution < -0.4 is 10.6 Å². The molecule has 0 fully saturated rings. The minimum atomic E-state index is 0.662. The van der Waals surface area contributed by atoms with E-state index in [0.717, 1.165) is 22.8 Å². The second-order valence-corrected chi connectivity index (χ2v) is 4.19. The summed E-state index contributed by atoms with van der Waals surface area (Å²) in [5.74, 6) is 1.72. The van der Waals surface area contributed by atoms with Crippen molar-refractivity contribution in [2.24, 2.45) is 0 Å². The van der Waals surface area contributed by atoms with Crippen LogP contribution in [0.3, 0.4) is 0 Å². The summed E-state index contributed by atoms with van der Waals surface area (Å²) in [6.07, 6.45) is 1.66. The van der Waals surface area contributed by atoms with Crippen molar-refractivity contribution in [1.82, 2.24) is 10.1 Å². The molecule has 0 bridgehead atoms. The Balaban J connectivity index is 2.17. The first-order valence-electron chi connectivity index (χ1n) is 5.41. The molecule has 0 amide bonds. The van der Waals surface area contributed by atoms with Crippen LogP contribution in [0.15, 0.2) is 22.9 Å². The Morgan fingerprint density at radius 1 is 1.35 bits per heavy atom. The number of nitrogens with two attached hydrogens (primary N) is 1. The molecule has 0 aliphatic rings. The summed E-state index contributed by atoms with van der Waals surface area (Å²) in [6, 6.07) is 3.83. The molecule has 5 heteroatoms. The predicted molar refractivity (Wildman–Crippen MR) is 66.7 cm³/mol. The van der Waals surface area contributed by atoms with Gasteiger partial charge in [-0.1, -0.05) is 5.16 Å². The van der Waals surface area contributed by atoms with Crippen molar-refractivity contribution in [3.05, 3.63) is 35.3 Å². The molecule has 5 nitrogen and oxygen atoms in total. The zero-order valence-corrected chi connectivity index (χ0v) is 10.3. The molecule has 2 rings (SSSR count). The Morgan fingerprint density at radius 3 is 2.71 bits per heavy atom. The summed E-state index contributed by atoms with van der Waals surface area (Å²) in [6.45, 7) is 4.53. The summed E-state index contributed by atoms with van der Waals surface area (Å²) < 4.78 is 5.03. The Kier molecular flexibility index (Phi) is 2.99. The summed E-state index contributed by atoms with van der Waals surface area (Å²) in [4.78, 5) is 6.34. The van der Waals surface area contributed by atoms with E-state index < -0.39 is 0 Å². The van der Waals surface area contributed by atoms with Crippen molar-refractivity contribution in [1.29, 1.82) is 0 Å². The normalized spacial score (nSPS) is 10.5. The van der Waals surface area contributed by atoms with E-state index in [4.69, 9.17) is 10.3 Å². The first-order valence-corrected chi connectivity index (χ1v) is 5.41. The van der Waals surface area contributed by atoms with E-state index in [1.54, 1.807) is 6.20 Å². The number of pyridine rings is 1. The maximum absolute atomic E-state index is 5.68. The third kappa shape index (κ3) is 2.55. The van der Waals surface area contributed by atoms with Gasteiger partial charge in [-0.2, -0.15) is 0 Å². The molecule has 0 aromatic carbocycles. The average molecular weight is 232 g/mol. The SMILES string of the molecule is Cc1cc(CN(C)c2ncc(N)cc2C)no1. The molecule has 0 unspecified atom stereocenters. The lowest BCUT2D eigenvalue weighted by molar-refractivity contribution is 0.390. The molecule has 0 spiro atoms. The third-order valence-electron chi connectivity index (χ3n) is 2.51. The van der Waals surface area contributed by atoms with Crippen LogP contribution in [-0.4, -0.2) is 17.2 Å². The minimum absolute atomic E-state index is 0.662. The van der Waals surface area contributed by atoms with Crippen LogP contribution in [0.1, 0.15) is 17.0 Å². The molecule has 2 heterocycles. The number of rotatable bonds is 3. The molecule has 0 atom stereocenters. The fourth-order valence-electron chi connectivity index (χ4n) is 1.80. The highest BCUT2D eigenvalue weighted by Gasteiger charge is 2.09. The average Bonchev–Trinajstić information content (AvgIpc) is 2.63. The molecule has 0 saturated carbocycles. The zero-order chi connectivity index (χ0) is 12.4. The van der Waals surface area contributed by atoms with E-state index in [2.05, 4.69) is 10.1 Å². The quantitative estimate of drug-likeness (QED) is 0.875. The van der Waals surface area contributed by atoms with Crippen LogP contribution in [0, 0.1) is 13.8 Å². The molecular formula is C12H16N4O. The summed E-state index contributed by atoms with van der Waals surface area (Å²) in [5, 5.41) is 3.96. The Morgan fingerprint density at radius 2 is 2.12 bits per heavy atom. The second-order valence-electron chi connectivity index (χ2n) is 4.19. The van der Waals surface area contributed by atoms with Crippen molar-refractivity contribution in [3.63, 3.8) is 0 Å². The van der Waals surface area contributed by atoms with E-state index in [-0.39, 0.29) is 0 Å². The van der Waals surface area contributed by atoms with Crippen LogP contribution in [0.5, 0.6) is 0 Å². The highest BCUT2D eigenvalue weighted by molar-refractivity contribution is 5.52. The van der Waals surface area contributed by atoms with Gasteiger partial charge < -0.3 is 15.2 Å². The molecule has 0 radical (unpaired) electrons. The number of aryl methyl sites for hydroxylation is 2. The van der Waals surface area contributed by atoms with E-state index in [1.165, 1.54) is 0 Å². The summed E-state index contributed by atoms with van der Waals surface area (Å²) >= 11 is 0. The monoisotopic (exact) mass is 232 g/mol. The van der Waals surface area contributed by atoms with Crippen molar-refractivity contribution in [2.45, 2.75) is 20.4 Å². The number of nitrogen functional groups attached to an aromatic ring is 1. The first kappa shape index (κ1) is 11.4. The number of hydrogen-bond acceptors (Lipinski definition) is 5. The Labute approximate surface area is 100 Å². The largest absolute Gasteiger partial charge is 0.397 e. The van der Waals surface area contributed by atoms with Crippen molar-refractivity contribution in [2.75, 3.05) is 17.7 Å². The Bertz CT molecular complexity index is 521. The van der Waals surface area contributed by atoms with Gasteiger partial charge >= 0.3 is 0 Å². The minimum Gasteiger partial charge on any atom is -0.397 e. The predicted octanol–water partition coefficient (Wildman–Crippen LogP) is 1.91. The van der Waals surface area contributed by atoms with Crippen molar-refractivity contribution >= 4 is 11.5 Å². The lowest BCUT2D eigenvalue weighted by Crippen LogP contribution is -2.19. The maximum atomic E-state index is 5.68. The van der Waals surface area contributed by atoms with Gasteiger partial charge in [0.05, 0.1) is 18.4 Å². The number of aromatic nitrogens is 2. The van der Waals surface area contributed by atoms with Crippen LogP contribution in [-0.2, 0) is 6.54 Å². The van der Waals surface area contributed by atoms with Gasteiger partial charge in [0.1, 0.15) is 17.3 Å². The lowest BCUT2D eigenvalue weighted by Gasteiger charge is -2.18. The van der Waals surface area contributed by atoms with E-state index in [1.807, 2.05) is 37.9 Å². The van der Waals surface area contributed by atoms with Gasteiger partial charge in [0, 0.05) is 13.1 Å². The van der Waals surface area contributed by atoms with Gasteiger partial charge in [-0.25, -0.2) is 4.98 Å². The molecule has 0 aliphatic carbocycles. The topological polar surface area (TPSA) is 68.2 Å². The van der Waals surface area contributed by atoms with Crippen LogP contribution >= 0.6 is 0 Å². The molecule has 17 heavy (non-hydrogen) atoms. The van der Waals surface area contributed by atoms with Gasteiger partial charge in [-0.05, 0) is 25.5 Å². The third-order valence-corrected chi connectivity index (χ3v) is 2.51. The van der Waals surface area contributed by atoms with Crippen LogP contribution in [0.25, 0.3) is 0 Å². The fraction of sp³-hybridized carbons (Fsp3) is 0.333. The number of hydrogen-bond donors (Lipinski definition) is 1. The van der Waals surface area contributed by atoms with Gasteiger partial charge in [0.25, 0.3) is 0 Å². The Hall–Kier alpha value is -2.04. The standard InChI is InChI=1S/C12H16N4O/c1-8-4-10(13)6-14-12(8)16(3)7-11-5-9(2)17-15-11/h4-6H,7,13H2,1-3H3. The van der Waals surface area contributed by atoms with E-state index >= 15 is 0 Å². The van der Waals surface area contributed by atoms with Crippen LogP contribution in [0.4, 0.5) is 11.5 Å². The number of nitrogens with zero attached hydrogens (tertiary/aromatic N) is 3. The molecular weight excluding hydrogens is 216 g/mol. The van der Waals surface area contributed by atoms with E-state index in [9.17, 15) is 0 Å². The van der Waals surface area contributed by atoms with Crippen molar-refractivity contribution in [3.8, 4) is 0 Å². The summed E-state index contributed by atoms with van der Waals surface area (Å²) in [5.41, 5.74) is 8.29. The molecule has 2 aromatic rings. The van der Waals surface area contributed by atoms with Crippen LogP contribution in [0.2, 0.25) is 0 Å². The molecule has 2 aromatic heterocycles. The first-order chi connectivity index (χ1) is 8.06. The fourth-order valence-corrected chi connectivity index (χ4v) is 1.80. The van der Waals surface area contributed by atoms with Gasteiger partial charge in [0.15, 0.2) is 0 Å². The lowest BCUT2D eigenvalue weighted by atomic mass is 10.2. The zero-order valence-electron chi connectivity index (χ0n) is 10.3. The smallest absolute Gasteiger partial charge is 0.133 e. The summed E-state index contributed by atoms with van der Waals surface area (Å²) in [7, 11) is 1.97. The highest BCUT2D eigenvalue weighted by atomic mass is 16.5. The highest BCUT2D eigenvalue weighted by Crippen LogP contribution is 2.19. The molecule has 0 saturated heterocycles. The molecule has 2 N–H and O–H groups in total. The van der Waals surface area contributed by atoms with Gasteiger partial charge in [0.2, 0.25) is 0 Å². The molecule has 90 valence electrons. The van der Waals surface area contributed by atoms with Crippen molar-refractivity contribution < 1.29 is 4.52 Å². The second kappa shape index (κ2) is 4.45. The van der Waals surface area contributed by atoms with E-state index in [0.29, 0.717) is 12.2 Å². The van der Waals surface area contributed by atoms with Gasteiger partial charge in [-0.15, -0.1) is 0 Å². The van der Waals surface area contributed by atoms with Gasteiger partial charge in [-0.3, -0.25) is 0 Å². The number of anilines is 2.